The summed E-state index contributed by atoms with van der Waals surface area (Å²) in [6, 6.07) is 11.9. The Balaban J connectivity index is 2.06. The van der Waals surface area contributed by atoms with Crippen molar-refractivity contribution in [1.82, 2.24) is 10.3 Å². The molecule has 0 aliphatic rings. The van der Waals surface area contributed by atoms with Gasteiger partial charge in [-0.1, -0.05) is 18.7 Å². The molecule has 2 aromatic carbocycles. The molecular weight excluding hydrogens is 319 g/mol. The fourth-order valence-electron chi connectivity index (χ4n) is 1.84. The average Bonchev–Trinajstić information content (AvgIpc) is 2.54. The van der Waals surface area contributed by atoms with Gasteiger partial charge in [0.15, 0.2) is 0 Å². The number of hydrogen-bond acceptors (Lipinski definition) is 4. The second-order valence-corrected chi connectivity index (χ2v) is 6.28. The van der Waals surface area contributed by atoms with Crippen molar-refractivity contribution in [2.45, 2.75) is 11.8 Å². The normalized spacial score (nSPS) is 11.0. The van der Waals surface area contributed by atoms with Crippen LogP contribution in [0.2, 0.25) is 0 Å². The molecule has 7 heteroatoms. The van der Waals surface area contributed by atoms with Gasteiger partial charge in [-0.05, 0) is 43.3 Å². The fraction of sp³-hybridized carbons (Fsp3) is 0.125. The highest BCUT2D eigenvalue weighted by molar-refractivity contribution is 7.89. The van der Waals surface area contributed by atoms with Crippen LogP contribution < -0.4 is 15.0 Å². The molecule has 0 aliphatic heterocycles. The largest absolute Gasteiger partial charge is 0.494 e. The summed E-state index contributed by atoms with van der Waals surface area (Å²) in [4.78, 5) is 2.22. The van der Waals surface area contributed by atoms with E-state index in [0.717, 1.165) is 0 Å². The molecule has 0 aromatic heterocycles. The maximum absolute atomic E-state index is 13.6. The zero-order chi connectivity index (χ0) is 16.9. The molecular formula is C16H17FN2O3S. The number of hydrogen-bond donors (Lipinski definition) is 2. The minimum Gasteiger partial charge on any atom is -0.494 e. The van der Waals surface area contributed by atoms with E-state index in [0.29, 0.717) is 12.4 Å². The van der Waals surface area contributed by atoms with Crippen LogP contribution in [0.25, 0.3) is 5.70 Å². The van der Waals surface area contributed by atoms with Gasteiger partial charge in [-0.15, -0.1) is 4.83 Å². The van der Waals surface area contributed by atoms with Gasteiger partial charge in [0.2, 0.25) is 0 Å². The summed E-state index contributed by atoms with van der Waals surface area (Å²) in [5.41, 5.74) is 2.71. The molecule has 2 aromatic rings. The number of halogens is 1. The Kier molecular flexibility index (Phi) is 5.36. The number of ether oxygens (including phenoxy) is 1. The average molecular weight is 336 g/mol. The van der Waals surface area contributed by atoms with Crippen LogP contribution in [0.15, 0.2) is 60.0 Å². The quantitative estimate of drug-likeness (QED) is 0.763. The lowest BCUT2D eigenvalue weighted by Gasteiger charge is -2.12. The number of rotatable bonds is 7. The van der Waals surface area contributed by atoms with Crippen LogP contribution >= 0.6 is 0 Å². The van der Waals surface area contributed by atoms with Gasteiger partial charge in [-0.2, -0.15) is 0 Å². The Labute approximate surface area is 134 Å². The number of hydrazine groups is 1. The summed E-state index contributed by atoms with van der Waals surface area (Å²) in [6.07, 6.45) is 0. The molecule has 0 bridgehead atoms. The number of benzene rings is 2. The summed E-state index contributed by atoms with van der Waals surface area (Å²) < 4.78 is 43.2. The molecule has 23 heavy (non-hydrogen) atoms. The van der Waals surface area contributed by atoms with Crippen molar-refractivity contribution in [3.05, 3.63) is 66.5 Å². The predicted octanol–water partition coefficient (Wildman–Crippen LogP) is 2.68. The first-order valence-corrected chi connectivity index (χ1v) is 8.37. The summed E-state index contributed by atoms with van der Waals surface area (Å²) in [6.45, 7) is 5.96. The van der Waals surface area contributed by atoms with Gasteiger partial charge in [0.05, 0.1) is 17.2 Å². The van der Waals surface area contributed by atoms with Gasteiger partial charge >= 0.3 is 0 Å². The minimum atomic E-state index is -3.81. The summed E-state index contributed by atoms with van der Waals surface area (Å²) >= 11 is 0. The fourth-order valence-corrected chi connectivity index (χ4v) is 2.71. The van der Waals surface area contributed by atoms with Gasteiger partial charge < -0.3 is 10.2 Å². The van der Waals surface area contributed by atoms with Gasteiger partial charge in [0.25, 0.3) is 10.0 Å². The van der Waals surface area contributed by atoms with Gasteiger partial charge in [-0.25, -0.2) is 12.8 Å². The lowest BCUT2D eigenvalue weighted by atomic mass is 10.2. The van der Waals surface area contributed by atoms with Crippen molar-refractivity contribution in [2.75, 3.05) is 6.61 Å². The van der Waals surface area contributed by atoms with Crippen molar-refractivity contribution < 1.29 is 17.5 Å². The molecule has 2 rings (SSSR count). The third-order valence-corrected chi connectivity index (χ3v) is 4.24. The summed E-state index contributed by atoms with van der Waals surface area (Å²) in [7, 11) is -3.81. The molecule has 0 fully saturated rings. The molecule has 122 valence electrons. The molecule has 0 spiro atoms. The third-order valence-electron chi connectivity index (χ3n) is 2.98. The monoisotopic (exact) mass is 336 g/mol. The second-order valence-electron chi connectivity index (χ2n) is 4.59. The van der Waals surface area contributed by atoms with Crippen LogP contribution in [-0.2, 0) is 10.0 Å². The van der Waals surface area contributed by atoms with E-state index in [1.165, 1.54) is 30.3 Å². The van der Waals surface area contributed by atoms with E-state index < -0.39 is 15.8 Å². The third kappa shape index (κ3) is 4.30. The summed E-state index contributed by atoms with van der Waals surface area (Å²) in [5, 5.41) is 0. The molecule has 0 aliphatic carbocycles. The number of nitrogens with one attached hydrogen (secondary N) is 2. The van der Waals surface area contributed by atoms with E-state index in [2.05, 4.69) is 16.8 Å². The van der Waals surface area contributed by atoms with Crippen molar-refractivity contribution >= 4 is 15.7 Å². The van der Waals surface area contributed by atoms with E-state index in [4.69, 9.17) is 4.74 Å². The molecule has 5 nitrogen and oxygen atoms in total. The molecule has 0 heterocycles. The zero-order valence-electron chi connectivity index (χ0n) is 12.5. The van der Waals surface area contributed by atoms with Crippen LogP contribution in [0.1, 0.15) is 12.5 Å². The van der Waals surface area contributed by atoms with Crippen molar-refractivity contribution in [3.63, 3.8) is 0 Å². The van der Waals surface area contributed by atoms with E-state index in [-0.39, 0.29) is 16.2 Å². The van der Waals surface area contributed by atoms with Crippen molar-refractivity contribution in [2.24, 2.45) is 0 Å². The van der Waals surface area contributed by atoms with Crippen LogP contribution in [0.4, 0.5) is 4.39 Å². The first-order valence-electron chi connectivity index (χ1n) is 6.88. The first-order chi connectivity index (χ1) is 10.9. The Morgan fingerprint density at radius 2 is 1.83 bits per heavy atom. The smallest absolute Gasteiger partial charge is 0.257 e. The Hall–Kier alpha value is -2.38. The summed E-state index contributed by atoms with van der Waals surface area (Å²) in [5.74, 6) is 0.0837. The Morgan fingerprint density at radius 1 is 1.17 bits per heavy atom. The zero-order valence-corrected chi connectivity index (χ0v) is 13.4. The first kappa shape index (κ1) is 17.0. The molecule has 0 unspecified atom stereocenters. The molecule has 2 N–H and O–H groups in total. The van der Waals surface area contributed by atoms with Crippen molar-refractivity contribution in [1.29, 1.82) is 0 Å². The molecule has 0 saturated heterocycles. The molecule has 0 atom stereocenters. The SMILES string of the molecule is C=C(NNS(=O)(=O)c1ccc(OCC)cc1)c1ccccc1F. The van der Waals surface area contributed by atoms with Gasteiger partial charge in [-0.3, -0.25) is 0 Å². The minimum absolute atomic E-state index is 0.0507. The maximum Gasteiger partial charge on any atom is 0.257 e. The van der Waals surface area contributed by atoms with Crippen LogP contribution in [0.3, 0.4) is 0 Å². The second kappa shape index (κ2) is 7.26. The standard InChI is InChI=1S/C16H17FN2O3S/c1-3-22-13-8-10-14(11-9-13)23(20,21)19-18-12(2)15-6-4-5-7-16(15)17/h4-11,18-19H,2-3H2,1H3. The maximum atomic E-state index is 13.6. The Bertz CT molecular complexity index is 789. The molecule has 0 amide bonds. The van der Waals surface area contributed by atoms with Crippen LogP contribution in [0, 0.1) is 5.82 Å². The van der Waals surface area contributed by atoms with Gasteiger partial charge in [0, 0.05) is 5.56 Å². The van der Waals surface area contributed by atoms with E-state index in [1.807, 2.05) is 6.92 Å². The van der Waals surface area contributed by atoms with Gasteiger partial charge in [0.1, 0.15) is 11.6 Å². The highest BCUT2D eigenvalue weighted by atomic mass is 32.2. The van der Waals surface area contributed by atoms with Crippen LogP contribution in [-0.4, -0.2) is 15.0 Å². The van der Waals surface area contributed by atoms with Crippen molar-refractivity contribution in [3.8, 4) is 5.75 Å². The van der Waals surface area contributed by atoms with E-state index in [1.54, 1.807) is 18.2 Å². The highest BCUT2D eigenvalue weighted by Crippen LogP contribution is 2.17. The lowest BCUT2D eigenvalue weighted by Crippen LogP contribution is -2.36. The van der Waals surface area contributed by atoms with E-state index in [9.17, 15) is 12.8 Å². The molecule has 0 radical (unpaired) electrons. The lowest BCUT2D eigenvalue weighted by molar-refractivity contribution is 0.340. The topological polar surface area (TPSA) is 67.4 Å². The van der Waals surface area contributed by atoms with E-state index >= 15 is 0 Å². The predicted molar refractivity (Wildman–Crippen MR) is 86.5 cm³/mol. The highest BCUT2D eigenvalue weighted by Gasteiger charge is 2.15. The Morgan fingerprint density at radius 3 is 2.43 bits per heavy atom. The number of sulfonamides is 1. The van der Waals surface area contributed by atoms with Crippen LogP contribution in [0.5, 0.6) is 5.75 Å². The molecule has 0 saturated carbocycles.